The van der Waals surface area contributed by atoms with Gasteiger partial charge in [-0.2, -0.15) is 0 Å². The average Bonchev–Trinajstić information content (AvgIpc) is 2.85. The van der Waals surface area contributed by atoms with E-state index in [-0.39, 0.29) is 24.0 Å². The number of aromatic nitrogens is 2. The molecular weight excluding hydrogens is 406 g/mol. The lowest BCUT2D eigenvalue weighted by Crippen LogP contribution is -2.50. The molecule has 0 aliphatic carbocycles. The van der Waals surface area contributed by atoms with E-state index in [9.17, 15) is 9.59 Å². The molecule has 0 spiro atoms. The Labute approximate surface area is 188 Å². The van der Waals surface area contributed by atoms with E-state index < -0.39 is 0 Å². The van der Waals surface area contributed by atoms with Crippen LogP contribution < -0.4 is 10.2 Å². The number of ether oxygens (including phenoxy) is 1. The van der Waals surface area contributed by atoms with Crippen molar-refractivity contribution in [3.8, 4) is 11.3 Å². The van der Waals surface area contributed by atoms with Gasteiger partial charge in [0.15, 0.2) is 5.82 Å². The fourth-order valence-corrected chi connectivity index (χ4v) is 4.40. The van der Waals surface area contributed by atoms with Gasteiger partial charge in [-0.1, -0.05) is 30.3 Å². The predicted octanol–water partition coefficient (Wildman–Crippen LogP) is 3.10. The zero-order valence-electron chi connectivity index (χ0n) is 18.6. The second-order valence-electron chi connectivity index (χ2n) is 8.40. The van der Waals surface area contributed by atoms with Gasteiger partial charge in [0.2, 0.25) is 5.91 Å². The van der Waals surface area contributed by atoms with Crippen LogP contribution in [0.5, 0.6) is 0 Å². The first-order valence-corrected chi connectivity index (χ1v) is 11.5. The molecule has 0 unspecified atom stereocenters. The number of carbonyl (C=O) groups is 2. The molecule has 8 nitrogen and oxygen atoms in total. The molecular formula is C24H31N5O3. The number of nitrogens with zero attached hydrogens (tertiary/aromatic N) is 4. The van der Waals surface area contributed by atoms with Crippen LogP contribution in [0.25, 0.3) is 11.3 Å². The number of likely N-dealkylation sites (tertiary alicyclic amines) is 1. The van der Waals surface area contributed by atoms with Crippen LogP contribution in [-0.4, -0.2) is 65.9 Å². The summed E-state index contributed by atoms with van der Waals surface area (Å²) in [5.74, 6) is 0.838. The molecule has 32 heavy (non-hydrogen) atoms. The summed E-state index contributed by atoms with van der Waals surface area (Å²) >= 11 is 0. The largest absolute Gasteiger partial charge is 0.450 e. The van der Waals surface area contributed by atoms with Gasteiger partial charge in [-0.3, -0.25) is 4.79 Å². The van der Waals surface area contributed by atoms with E-state index >= 15 is 0 Å². The number of anilines is 1. The Bertz CT molecular complexity index is 898. The van der Waals surface area contributed by atoms with Crippen molar-refractivity contribution in [1.82, 2.24) is 20.4 Å². The van der Waals surface area contributed by atoms with Crippen LogP contribution in [0.3, 0.4) is 0 Å². The van der Waals surface area contributed by atoms with Gasteiger partial charge in [0.25, 0.3) is 0 Å². The number of benzene rings is 1. The second-order valence-corrected chi connectivity index (χ2v) is 8.40. The maximum atomic E-state index is 12.9. The highest BCUT2D eigenvalue weighted by Crippen LogP contribution is 2.24. The van der Waals surface area contributed by atoms with Crippen LogP contribution in [0, 0.1) is 5.92 Å². The van der Waals surface area contributed by atoms with Crippen LogP contribution in [0.1, 0.15) is 32.6 Å². The summed E-state index contributed by atoms with van der Waals surface area (Å²) in [4.78, 5) is 28.6. The fourth-order valence-electron chi connectivity index (χ4n) is 4.40. The SMILES string of the molecule is CCOC(=O)N1CCC(NC(=O)[C@H]2CCCN(c3ccc(-c4ccccc4)nn3)C2)CC1. The minimum Gasteiger partial charge on any atom is -0.450 e. The monoisotopic (exact) mass is 437 g/mol. The van der Waals surface area contributed by atoms with Gasteiger partial charge >= 0.3 is 6.09 Å². The first-order valence-electron chi connectivity index (χ1n) is 11.5. The van der Waals surface area contributed by atoms with Crippen molar-refractivity contribution < 1.29 is 14.3 Å². The molecule has 1 N–H and O–H groups in total. The zero-order valence-corrected chi connectivity index (χ0v) is 18.6. The van der Waals surface area contributed by atoms with E-state index in [0.29, 0.717) is 26.2 Å². The highest BCUT2D eigenvalue weighted by Gasteiger charge is 2.30. The normalized spacial score (nSPS) is 19.5. The van der Waals surface area contributed by atoms with Gasteiger partial charge in [0, 0.05) is 37.8 Å². The number of rotatable bonds is 5. The Morgan fingerprint density at radius 1 is 1.03 bits per heavy atom. The van der Waals surface area contributed by atoms with E-state index in [2.05, 4.69) is 20.4 Å². The fraction of sp³-hybridized carbons (Fsp3) is 0.500. The molecule has 2 saturated heterocycles. The molecule has 2 fully saturated rings. The Morgan fingerprint density at radius 2 is 1.81 bits per heavy atom. The highest BCUT2D eigenvalue weighted by atomic mass is 16.6. The summed E-state index contributed by atoms with van der Waals surface area (Å²) < 4.78 is 5.06. The summed E-state index contributed by atoms with van der Waals surface area (Å²) in [6, 6.07) is 14.1. The average molecular weight is 438 g/mol. The van der Waals surface area contributed by atoms with E-state index in [1.807, 2.05) is 49.4 Å². The van der Waals surface area contributed by atoms with Crippen LogP contribution in [-0.2, 0) is 9.53 Å². The maximum Gasteiger partial charge on any atom is 0.409 e. The van der Waals surface area contributed by atoms with Crippen LogP contribution in [0.2, 0.25) is 0 Å². The smallest absolute Gasteiger partial charge is 0.409 e. The number of carbonyl (C=O) groups excluding carboxylic acids is 2. The summed E-state index contributed by atoms with van der Waals surface area (Å²) in [5, 5.41) is 12.0. The summed E-state index contributed by atoms with van der Waals surface area (Å²) in [5.41, 5.74) is 1.88. The lowest BCUT2D eigenvalue weighted by Gasteiger charge is -2.35. The highest BCUT2D eigenvalue weighted by molar-refractivity contribution is 5.80. The molecule has 2 aliphatic rings. The molecule has 4 rings (SSSR count). The Hall–Kier alpha value is -3.16. The van der Waals surface area contributed by atoms with E-state index in [4.69, 9.17) is 4.74 Å². The molecule has 8 heteroatoms. The van der Waals surface area contributed by atoms with Crippen molar-refractivity contribution >= 4 is 17.8 Å². The molecule has 0 radical (unpaired) electrons. The minimum atomic E-state index is -0.264. The lowest BCUT2D eigenvalue weighted by atomic mass is 9.95. The van der Waals surface area contributed by atoms with Crippen molar-refractivity contribution in [2.45, 2.75) is 38.6 Å². The van der Waals surface area contributed by atoms with E-state index in [1.165, 1.54) is 0 Å². The van der Waals surface area contributed by atoms with Gasteiger partial charge in [0.1, 0.15) is 0 Å². The van der Waals surface area contributed by atoms with Crippen molar-refractivity contribution in [1.29, 1.82) is 0 Å². The van der Waals surface area contributed by atoms with Crippen LogP contribution >= 0.6 is 0 Å². The molecule has 3 heterocycles. The number of hydrogen-bond acceptors (Lipinski definition) is 6. The first-order chi connectivity index (χ1) is 15.6. The lowest BCUT2D eigenvalue weighted by molar-refractivity contribution is -0.126. The van der Waals surface area contributed by atoms with Gasteiger partial charge in [-0.05, 0) is 44.7 Å². The quantitative estimate of drug-likeness (QED) is 0.773. The zero-order chi connectivity index (χ0) is 22.3. The molecule has 1 aromatic carbocycles. The minimum absolute atomic E-state index is 0.0672. The van der Waals surface area contributed by atoms with Crippen molar-refractivity contribution in [3.63, 3.8) is 0 Å². The molecule has 1 atom stereocenters. The standard InChI is InChI=1S/C24H31N5O3/c1-2-32-24(31)28-15-12-20(13-16-28)25-23(30)19-9-6-14-29(17-19)22-11-10-21(26-27-22)18-7-4-3-5-8-18/h3-5,7-8,10-11,19-20H,2,6,9,12-17H2,1H3,(H,25,30)/t19-/m0/s1. The van der Waals surface area contributed by atoms with E-state index in [0.717, 1.165) is 49.3 Å². The molecule has 1 aromatic heterocycles. The summed E-state index contributed by atoms with van der Waals surface area (Å²) in [6.45, 7) is 4.94. The summed E-state index contributed by atoms with van der Waals surface area (Å²) in [7, 11) is 0. The van der Waals surface area contributed by atoms with Crippen molar-refractivity contribution in [2.75, 3.05) is 37.7 Å². The van der Waals surface area contributed by atoms with Crippen molar-refractivity contribution in [3.05, 3.63) is 42.5 Å². The maximum absolute atomic E-state index is 12.9. The molecule has 0 bridgehead atoms. The van der Waals surface area contributed by atoms with Gasteiger partial charge in [0.05, 0.1) is 18.2 Å². The van der Waals surface area contributed by atoms with Crippen LogP contribution in [0.4, 0.5) is 10.6 Å². The van der Waals surface area contributed by atoms with Gasteiger partial charge < -0.3 is 19.9 Å². The Morgan fingerprint density at radius 3 is 2.50 bits per heavy atom. The third-order valence-electron chi connectivity index (χ3n) is 6.20. The molecule has 170 valence electrons. The predicted molar refractivity (Wildman–Crippen MR) is 122 cm³/mol. The van der Waals surface area contributed by atoms with Crippen LogP contribution in [0.15, 0.2) is 42.5 Å². The third kappa shape index (κ3) is 5.36. The molecule has 0 saturated carbocycles. The van der Waals surface area contributed by atoms with Gasteiger partial charge in [-0.25, -0.2) is 4.79 Å². The number of hydrogen-bond donors (Lipinski definition) is 1. The third-order valence-corrected chi connectivity index (χ3v) is 6.20. The number of amides is 2. The number of nitrogens with one attached hydrogen (secondary N) is 1. The first kappa shape index (κ1) is 22.0. The van der Waals surface area contributed by atoms with E-state index in [1.54, 1.807) is 4.90 Å². The van der Waals surface area contributed by atoms with Crippen molar-refractivity contribution in [2.24, 2.45) is 5.92 Å². The topological polar surface area (TPSA) is 87.7 Å². The summed E-state index contributed by atoms with van der Waals surface area (Å²) in [6.07, 6.45) is 3.07. The molecule has 2 aliphatic heterocycles. The molecule has 2 amide bonds. The Balaban J connectivity index is 1.29. The Kier molecular flexibility index (Phi) is 7.19. The van der Waals surface area contributed by atoms with Gasteiger partial charge in [-0.15, -0.1) is 10.2 Å². The number of piperidine rings is 2. The second kappa shape index (κ2) is 10.4. The molecule has 2 aromatic rings.